The molecule has 4 heterocycles. The van der Waals surface area contributed by atoms with Crippen molar-refractivity contribution in [3.63, 3.8) is 0 Å². The average Bonchev–Trinajstić information content (AvgIpc) is 3.63. The van der Waals surface area contributed by atoms with E-state index in [4.69, 9.17) is 4.74 Å². The largest absolute Gasteiger partial charge is 0.508 e. The predicted molar refractivity (Wildman–Crippen MR) is 187 cm³/mol. The fourth-order valence-corrected chi connectivity index (χ4v) is 6.92. The highest BCUT2D eigenvalue weighted by Crippen LogP contribution is 2.41. The molecule has 296 valence electrons. The molecule has 0 saturated carbocycles. The molecule has 3 amide bonds. The van der Waals surface area contributed by atoms with Crippen LogP contribution in [0.5, 0.6) is 17.5 Å². The van der Waals surface area contributed by atoms with E-state index < -0.39 is 55.6 Å². The Balaban J connectivity index is 1.18. The van der Waals surface area contributed by atoms with Crippen LogP contribution in [-0.2, 0) is 16.1 Å². The Kier molecular flexibility index (Phi) is 11.3. The van der Waals surface area contributed by atoms with Crippen molar-refractivity contribution in [3.05, 3.63) is 59.4 Å². The molecule has 3 aromatic rings. The summed E-state index contributed by atoms with van der Waals surface area (Å²) in [7, 11) is 0. The molecular weight excluding hydrogens is 730 g/mol. The number of phenols is 2. The molecule has 2 aromatic carbocycles. The summed E-state index contributed by atoms with van der Waals surface area (Å²) in [5.74, 6) is -4.32. The van der Waals surface area contributed by atoms with Gasteiger partial charge in [0, 0.05) is 58.3 Å². The van der Waals surface area contributed by atoms with E-state index in [2.05, 4.69) is 15.1 Å². The Hall–Kier alpha value is -5.41. The van der Waals surface area contributed by atoms with Crippen LogP contribution < -0.4 is 0 Å². The minimum atomic E-state index is -3.95. The molecule has 0 unspecified atom stereocenters. The van der Waals surface area contributed by atoms with Gasteiger partial charge >= 0.3 is 24.1 Å². The van der Waals surface area contributed by atoms with Crippen LogP contribution in [-0.4, -0.2) is 159 Å². The molecule has 0 spiro atoms. The molecule has 0 aliphatic carbocycles. The predicted octanol–water partition coefficient (Wildman–Crippen LogP) is 2.07. The van der Waals surface area contributed by atoms with Gasteiger partial charge in [-0.3, -0.25) is 14.7 Å². The molecule has 1 aromatic heterocycles. The summed E-state index contributed by atoms with van der Waals surface area (Å²) in [6, 6.07) is 8.46. The Bertz CT molecular complexity index is 1940. The number of urea groups is 1. The van der Waals surface area contributed by atoms with Gasteiger partial charge < -0.3 is 40.2 Å². The zero-order chi connectivity index (χ0) is 39.8. The lowest BCUT2D eigenvalue weighted by molar-refractivity contribution is -0.161. The number of ether oxygens (including phenoxy) is 1. The molecule has 2 fully saturated rings. The van der Waals surface area contributed by atoms with Crippen molar-refractivity contribution in [2.75, 3.05) is 45.9 Å². The first-order valence-corrected chi connectivity index (χ1v) is 17.5. The molecule has 2 saturated heterocycles. The first-order valence-electron chi connectivity index (χ1n) is 17.5. The molecule has 6 rings (SSSR count). The van der Waals surface area contributed by atoms with Gasteiger partial charge in [-0.25, -0.2) is 24.2 Å². The molecule has 3 aliphatic rings. The Morgan fingerprint density at radius 1 is 1.07 bits per heavy atom. The van der Waals surface area contributed by atoms with Gasteiger partial charge in [-0.1, -0.05) is 31.1 Å². The van der Waals surface area contributed by atoms with Crippen molar-refractivity contribution in [2.45, 2.75) is 57.1 Å². The normalized spacial score (nSPS) is 22.0. The summed E-state index contributed by atoms with van der Waals surface area (Å²) in [5.41, 5.74) is 2.19. The Morgan fingerprint density at radius 2 is 1.76 bits per heavy atom. The second-order valence-electron chi connectivity index (χ2n) is 13.7. The van der Waals surface area contributed by atoms with Gasteiger partial charge in [0.15, 0.2) is 11.9 Å². The highest BCUT2D eigenvalue weighted by Gasteiger charge is 2.62. The third-order valence-electron chi connectivity index (χ3n) is 9.82. The number of carbonyl (C=O) groups excluding carboxylic acids is 2. The summed E-state index contributed by atoms with van der Waals surface area (Å²) in [4.78, 5) is 40.9. The second kappa shape index (κ2) is 15.7. The monoisotopic (exact) mass is 772 g/mol. The molecule has 18 nitrogen and oxygen atoms in total. The number of carbonyl (C=O) groups is 3. The summed E-state index contributed by atoms with van der Waals surface area (Å²) >= 11 is 0. The quantitative estimate of drug-likeness (QED) is 0.145. The number of halogens is 2. The minimum absolute atomic E-state index is 0.0677. The zero-order valence-corrected chi connectivity index (χ0v) is 29.9. The molecule has 0 bridgehead atoms. The molecule has 0 radical (unpaired) electrons. The van der Waals surface area contributed by atoms with Gasteiger partial charge in [0.2, 0.25) is 6.23 Å². The standard InChI is InChI=1S/C35H42F2N8O10/c1-20(2)23-16-24(26(49)17-25(23)48)30-38-39-32(51)44(30)22-6-4-21(5-7-22)18-40-11-13-41(14-12-40)45-28(42(34(53)54)9-3-15-46)8-10-43(33(45)52)31-35(36,37)29(50)27(19-47)55-31/h4-8,15-17,20,27,29,31,47-50H,3,9-14,18-19H2,1-2H3,(H,39,51)(H,53,54)/t27-,29-,31-/m1/s1. The number of aromatic hydroxyl groups is 3. The number of benzene rings is 2. The van der Waals surface area contributed by atoms with Crippen LogP contribution in [0.25, 0.3) is 17.1 Å². The van der Waals surface area contributed by atoms with Gasteiger partial charge in [0.05, 0.1) is 17.9 Å². The van der Waals surface area contributed by atoms with Crippen LogP contribution in [0.2, 0.25) is 0 Å². The third kappa shape index (κ3) is 7.50. The van der Waals surface area contributed by atoms with Crippen LogP contribution in [0, 0.1) is 0 Å². The van der Waals surface area contributed by atoms with Gasteiger partial charge in [0.1, 0.15) is 29.7 Å². The summed E-state index contributed by atoms with van der Waals surface area (Å²) in [5, 5.41) is 71.4. The molecule has 55 heavy (non-hydrogen) atoms. The molecular formula is C35H42F2N8O10. The van der Waals surface area contributed by atoms with Crippen LogP contribution >= 0.6 is 0 Å². The third-order valence-corrected chi connectivity index (χ3v) is 9.82. The van der Waals surface area contributed by atoms with Crippen LogP contribution in [0.4, 0.5) is 18.4 Å². The number of hydrogen-bond donors (Lipinski definition) is 6. The highest BCUT2D eigenvalue weighted by molar-refractivity contribution is 5.79. The van der Waals surface area contributed by atoms with Crippen molar-refractivity contribution >= 4 is 18.4 Å². The maximum atomic E-state index is 15.1. The molecule has 3 aliphatic heterocycles. The fourth-order valence-electron chi connectivity index (χ4n) is 6.92. The number of alkyl halides is 2. The van der Waals surface area contributed by atoms with Crippen molar-refractivity contribution in [1.82, 2.24) is 39.5 Å². The van der Waals surface area contributed by atoms with Crippen molar-refractivity contribution in [3.8, 4) is 34.6 Å². The zero-order valence-electron chi connectivity index (χ0n) is 29.9. The summed E-state index contributed by atoms with van der Waals surface area (Å²) in [6.07, 6.45) is -6.16. The van der Waals surface area contributed by atoms with Crippen LogP contribution in [0.15, 0.2) is 48.3 Å². The average molecular weight is 773 g/mol. The number of rotatable bonds is 12. The lowest BCUT2D eigenvalue weighted by Crippen LogP contribution is -2.64. The number of aldehydes is 1. The number of carboxylic acid groups (broad SMARTS) is 1. The second-order valence-corrected chi connectivity index (χ2v) is 13.7. The fraction of sp³-hybridized carbons (Fsp3) is 0.457. The van der Waals surface area contributed by atoms with Crippen molar-refractivity contribution in [1.29, 1.82) is 0 Å². The van der Waals surface area contributed by atoms with Crippen LogP contribution in [0.1, 0.15) is 37.3 Å². The molecule has 20 heteroatoms. The number of aliphatic hydroxyl groups is 2. The van der Waals surface area contributed by atoms with E-state index >= 15 is 8.78 Å². The van der Waals surface area contributed by atoms with E-state index in [1.54, 1.807) is 18.2 Å². The maximum Gasteiger partial charge on any atom is 0.413 e. The number of hydrazine groups is 1. The van der Waals surface area contributed by atoms with E-state index in [0.29, 0.717) is 42.1 Å². The maximum absolute atomic E-state index is 15.1. The topological polar surface area (TPSA) is 229 Å². The van der Waals surface area contributed by atoms with Crippen molar-refractivity contribution < 1.29 is 58.5 Å². The number of aliphatic hydroxyl groups excluding tert-OH is 2. The Morgan fingerprint density at radius 3 is 2.36 bits per heavy atom. The van der Waals surface area contributed by atoms with Crippen molar-refractivity contribution in [2.24, 2.45) is 0 Å². The Labute approximate surface area is 313 Å². The first-order chi connectivity index (χ1) is 26.2. The summed E-state index contributed by atoms with van der Waals surface area (Å²) < 4.78 is 36.9. The first kappa shape index (κ1) is 39.3. The van der Waals surface area contributed by atoms with Crippen LogP contribution in [0.3, 0.4) is 0 Å². The smallest absolute Gasteiger partial charge is 0.413 e. The number of aromatic nitrogens is 3. The highest BCUT2D eigenvalue weighted by atomic mass is 19.3. The molecule has 6 N–H and O–H groups in total. The van der Waals surface area contributed by atoms with E-state index in [-0.39, 0.29) is 60.7 Å². The number of amides is 3. The van der Waals surface area contributed by atoms with Gasteiger partial charge in [0.25, 0.3) is 0 Å². The number of piperazine rings is 1. The van der Waals surface area contributed by atoms with E-state index in [1.165, 1.54) is 21.7 Å². The lowest BCUT2D eigenvalue weighted by Gasteiger charge is -2.47. The number of hydrogen-bond acceptors (Lipinski definition) is 13. The van der Waals surface area contributed by atoms with Gasteiger partial charge in [-0.05, 0) is 41.3 Å². The summed E-state index contributed by atoms with van der Waals surface area (Å²) in [6.45, 7) is 3.52. The SMILES string of the molecule is CC(C)c1cc(-c2nnc(O)n2-c2ccc(CN3CCN(N4C(=O)N([C@@H]5O[C@H](CO)[C@@H](O)C5(F)F)CC=C4N(CCC=O)C(=O)O)CC3)cc2)c(O)cc1O. The minimum Gasteiger partial charge on any atom is -0.508 e. The lowest BCUT2D eigenvalue weighted by atomic mass is 9.98. The number of nitrogens with zero attached hydrogens (tertiary/aromatic N) is 8. The van der Waals surface area contributed by atoms with E-state index in [9.17, 15) is 45.0 Å². The molecule has 3 atom stereocenters. The van der Waals surface area contributed by atoms with E-state index in [0.717, 1.165) is 15.5 Å². The van der Waals surface area contributed by atoms with Gasteiger partial charge in [-0.15, -0.1) is 5.10 Å². The number of phenolic OH excluding ortho intramolecular Hbond substituents is 2. The van der Waals surface area contributed by atoms with Gasteiger partial charge in [-0.2, -0.15) is 8.78 Å². The van der Waals surface area contributed by atoms with E-state index in [1.807, 2.05) is 26.0 Å².